The Bertz CT molecular complexity index is 1260. The van der Waals surface area contributed by atoms with Gasteiger partial charge in [-0.2, -0.15) is 0 Å². The molecule has 0 radical (unpaired) electrons. The monoisotopic (exact) mass is 453 g/mol. The average Bonchev–Trinajstić information content (AvgIpc) is 2.89. The van der Waals surface area contributed by atoms with Crippen LogP contribution in [0.5, 0.6) is 5.75 Å². The second kappa shape index (κ2) is 10.8. The fraction of sp³-hybridized carbons (Fsp3) is 0.0741. The van der Waals surface area contributed by atoms with Crippen LogP contribution in [0.15, 0.2) is 97.3 Å². The lowest BCUT2D eigenvalue weighted by Crippen LogP contribution is -2.23. The summed E-state index contributed by atoms with van der Waals surface area (Å²) in [6, 6.07) is 25.1. The number of carbonyl (C=O) groups excluding carboxylic acids is 2. The van der Waals surface area contributed by atoms with Crippen LogP contribution >= 0.6 is 0 Å². The van der Waals surface area contributed by atoms with Crippen LogP contribution in [0.2, 0.25) is 0 Å². The van der Waals surface area contributed by atoms with Gasteiger partial charge in [-0.05, 0) is 52.6 Å². The van der Waals surface area contributed by atoms with Crippen molar-refractivity contribution in [2.45, 2.75) is 13.2 Å². The number of ether oxygens (including phenoxy) is 1. The number of phenols is 1. The summed E-state index contributed by atoms with van der Waals surface area (Å²) in [6.45, 7) is 0.394. The molecule has 7 nitrogen and oxygen atoms in total. The van der Waals surface area contributed by atoms with Crippen molar-refractivity contribution in [3.63, 3.8) is 0 Å². The number of anilines is 1. The predicted octanol–water partition coefficient (Wildman–Crippen LogP) is 5.13. The zero-order valence-electron chi connectivity index (χ0n) is 18.3. The van der Waals surface area contributed by atoms with Crippen LogP contribution in [-0.2, 0) is 17.9 Å². The highest BCUT2D eigenvalue weighted by atomic mass is 16.5. The minimum Gasteiger partial charge on any atom is -0.506 e. The SMILES string of the molecule is O=C(NCc1cccnc1)OCc1ccc(C(=O)Nc2cc(-c3ccccc3)ccc2O)cc1. The molecule has 3 aromatic carbocycles. The molecule has 0 aliphatic rings. The molecule has 0 unspecified atom stereocenters. The Morgan fingerprint density at radius 2 is 1.65 bits per heavy atom. The first-order valence-corrected chi connectivity index (χ1v) is 10.7. The number of hydrogen-bond acceptors (Lipinski definition) is 5. The topological polar surface area (TPSA) is 101 Å². The number of rotatable bonds is 7. The molecule has 1 heterocycles. The minimum absolute atomic E-state index is 0.0182. The lowest BCUT2D eigenvalue weighted by atomic mass is 10.0. The molecule has 0 fully saturated rings. The number of carbonyl (C=O) groups is 2. The number of pyridine rings is 1. The molecule has 4 rings (SSSR count). The van der Waals surface area contributed by atoms with Gasteiger partial charge in [0.2, 0.25) is 0 Å². The van der Waals surface area contributed by atoms with Crippen molar-refractivity contribution in [1.29, 1.82) is 0 Å². The number of phenolic OH excluding ortho intramolecular Hbond substituents is 1. The van der Waals surface area contributed by atoms with Crippen LogP contribution in [0.1, 0.15) is 21.5 Å². The van der Waals surface area contributed by atoms with Crippen LogP contribution < -0.4 is 10.6 Å². The van der Waals surface area contributed by atoms with Gasteiger partial charge in [-0.1, -0.05) is 54.6 Å². The van der Waals surface area contributed by atoms with Gasteiger partial charge in [0.05, 0.1) is 5.69 Å². The fourth-order valence-electron chi connectivity index (χ4n) is 3.27. The average molecular weight is 453 g/mol. The molecule has 0 saturated heterocycles. The van der Waals surface area contributed by atoms with Gasteiger partial charge < -0.3 is 20.5 Å². The molecule has 0 saturated carbocycles. The van der Waals surface area contributed by atoms with E-state index in [0.29, 0.717) is 17.8 Å². The van der Waals surface area contributed by atoms with Gasteiger partial charge in [0.25, 0.3) is 5.91 Å². The number of aromatic nitrogens is 1. The van der Waals surface area contributed by atoms with Gasteiger partial charge in [-0.15, -0.1) is 0 Å². The van der Waals surface area contributed by atoms with Gasteiger partial charge >= 0.3 is 6.09 Å². The van der Waals surface area contributed by atoms with E-state index in [4.69, 9.17) is 4.74 Å². The Kier molecular flexibility index (Phi) is 7.15. The van der Waals surface area contributed by atoms with Crippen molar-refractivity contribution in [2.24, 2.45) is 0 Å². The number of hydrogen-bond donors (Lipinski definition) is 3. The first-order chi connectivity index (χ1) is 16.6. The van der Waals surface area contributed by atoms with E-state index >= 15 is 0 Å². The van der Waals surface area contributed by atoms with Gasteiger partial charge in [-0.25, -0.2) is 4.79 Å². The molecule has 3 N–H and O–H groups in total. The van der Waals surface area contributed by atoms with Crippen molar-refractivity contribution in [1.82, 2.24) is 10.3 Å². The Morgan fingerprint density at radius 1 is 0.853 bits per heavy atom. The summed E-state index contributed by atoms with van der Waals surface area (Å²) >= 11 is 0. The van der Waals surface area contributed by atoms with Crippen molar-refractivity contribution < 1.29 is 19.4 Å². The van der Waals surface area contributed by atoms with Gasteiger partial charge in [0, 0.05) is 24.5 Å². The molecular formula is C27H23N3O4. The molecular weight excluding hydrogens is 430 g/mol. The second-order valence-corrected chi connectivity index (χ2v) is 7.54. The molecule has 7 heteroatoms. The standard InChI is InChI=1S/C27H23N3O4/c31-25-13-12-23(21-6-2-1-3-7-21)15-24(25)30-26(32)22-10-8-19(9-11-22)18-34-27(33)29-17-20-5-4-14-28-16-20/h1-16,31H,17-18H2,(H,29,33)(H,30,32). The third-order valence-electron chi connectivity index (χ3n) is 5.10. The summed E-state index contributed by atoms with van der Waals surface area (Å²) in [5.41, 5.74) is 4.20. The third kappa shape index (κ3) is 5.98. The summed E-state index contributed by atoms with van der Waals surface area (Å²) in [5, 5.41) is 15.6. The number of alkyl carbamates (subject to hydrolysis) is 1. The van der Waals surface area contributed by atoms with Gasteiger partial charge in [0.15, 0.2) is 0 Å². The fourth-order valence-corrected chi connectivity index (χ4v) is 3.27. The normalized spacial score (nSPS) is 10.4. The number of amides is 2. The zero-order valence-corrected chi connectivity index (χ0v) is 18.3. The van der Waals surface area contributed by atoms with E-state index in [9.17, 15) is 14.7 Å². The molecule has 0 atom stereocenters. The highest BCUT2D eigenvalue weighted by Crippen LogP contribution is 2.30. The minimum atomic E-state index is -0.542. The maximum Gasteiger partial charge on any atom is 0.407 e. The van der Waals surface area contributed by atoms with E-state index in [1.54, 1.807) is 60.9 Å². The van der Waals surface area contributed by atoms with Gasteiger partial charge in [0.1, 0.15) is 12.4 Å². The van der Waals surface area contributed by atoms with Crippen molar-refractivity contribution in [3.05, 3.63) is 114 Å². The van der Waals surface area contributed by atoms with Crippen molar-refractivity contribution in [2.75, 3.05) is 5.32 Å². The smallest absolute Gasteiger partial charge is 0.407 e. The Labute approximate surface area is 197 Å². The Hall–Kier alpha value is -4.65. The molecule has 2 amide bonds. The second-order valence-electron chi connectivity index (χ2n) is 7.54. The van der Waals surface area contributed by atoms with E-state index in [0.717, 1.165) is 22.3 Å². The van der Waals surface area contributed by atoms with Crippen LogP contribution in [-0.4, -0.2) is 22.1 Å². The lowest BCUT2D eigenvalue weighted by molar-refractivity contribution is 0.102. The van der Waals surface area contributed by atoms with Crippen LogP contribution in [0.25, 0.3) is 11.1 Å². The first-order valence-electron chi connectivity index (χ1n) is 10.7. The predicted molar refractivity (Wildman–Crippen MR) is 129 cm³/mol. The summed E-state index contributed by atoms with van der Waals surface area (Å²) in [5.74, 6) is -0.377. The molecule has 1 aromatic heterocycles. The number of benzene rings is 3. The number of nitrogens with zero attached hydrogens (tertiary/aromatic N) is 1. The Morgan fingerprint density at radius 3 is 2.38 bits per heavy atom. The molecule has 34 heavy (non-hydrogen) atoms. The molecule has 4 aromatic rings. The highest BCUT2D eigenvalue weighted by Gasteiger charge is 2.11. The van der Waals surface area contributed by atoms with Crippen molar-refractivity contribution >= 4 is 17.7 Å². The highest BCUT2D eigenvalue weighted by molar-refractivity contribution is 6.05. The zero-order chi connectivity index (χ0) is 23.8. The summed E-state index contributed by atoms with van der Waals surface area (Å²) in [7, 11) is 0. The van der Waals surface area contributed by atoms with E-state index in [1.165, 1.54) is 0 Å². The maximum absolute atomic E-state index is 12.7. The number of nitrogens with one attached hydrogen (secondary N) is 2. The van der Waals surface area contributed by atoms with E-state index < -0.39 is 6.09 Å². The van der Waals surface area contributed by atoms with Crippen LogP contribution in [0.3, 0.4) is 0 Å². The molecule has 0 bridgehead atoms. The van der Waals surface area contributed by atoms with Crippen molar-refractivity contribution in [3.8, 4) is 16.9 Å². The summed E-state index contributed by atoms with van der Waals surface area (Å²) in [6.07, 6.45) is 2.79. The molecule has 0 spiro atoms. The summed E-state index contributed by atoms with van der Waals surface area (Å²) in [4.78, 5) is 28.6. The van der Waals surface area contributed by atoms with E-state index in [2.05, 4.69) is 15.6 Å². The summed E-state index contributed by atoms with van der Waals surface area (Å²) < 4.78 is 5.21. The third-order valence-corrected chi connectivity index (χ3v) is 5.10. The van der Waals surface area contributed by atoms with E-state index in [1.807, 2.05) is 36.4 Å². The van der Waals surface area contributed by atoms with Crippen LogP contribution in [0, 0.1) is 0 Å². The molecule has 170 valence electrons. The van der Waals surface area contributed by atoms with Crippen LogP contribution in [0.4, 0.5) is 10.5 Å². The van der Waals surface area contributed by atoms with E-state index in [-0.39, 0.29) is 18.3 Å². The molecule has 0 aliphatic heterocycles. The first kappa shape index (κ1) is 22.5. The largest absolute Gasteiger partial charge is 0.506 e. The van der Waals surface area contributed by atoms with Gasteiger partial charge in [-0.3, -0.25) is 9.78 Å². The Balaban J connectivity index is 1.32. The molecule has 0 aliphatic carbocycles. The maximum atomic E-state index is 12.7. The number of aromatic hydroxyl groups is 1. The quantitative estimate of drug-likeness (QED) is 0.337. The lowest BCUT2D eigenvalue weighted by Gasteiger charge is -2.11.